The van der Waals surface area contributed by atoms with Gasteiger partial charge in [0.25, 0.3) is 5.56 Å². The van der Waals surface area contributed by atoms with E-state index >= 15 is 0 Å². The lowest BCUT2D eigenvalue weighted by Gasteiger charge is -2.06. The first-order valence-corrected chi connectivity index (χ1v) is 8.92. The van der Waals surface area contributed by atoms with Gasteiger partial charge in [-0.1, -0.05) is 48.5 Å². The SMILES string of the molecule is O=c1nc(-c2ccc3cc4ccccc4cc3c2)sc2ccccc12. The van der Waals surface area contributed by atoms with E-state index in [0.717, 1.165) is 20.7 Å². The standard InChI is InChI=1S/C22H13NOS/c24-21-19-7-3-4-8-20(19)25-22(23-21)17-10-9-16-11-14-5-1-2-6-15(14)12-18(16)13-17/h1-13H. The van der Waals surface area contributed by atoms with Crippen LogP contribution in [0.2, 0.25) is 0 Å². The molecule has 0 atom stereocenters. The fourth-order valence-corrected chi connectivity index (χ4v) is 4.20. The van der Waals surface area contributed by atoms with E-state index in [0.29, 0.717) is 5.39 Å². The molecule has 5 aromatic rings. The fraction of sp³-hybridized carbons (Fsp3) is 0. The van der Waals surface area contributed by atoms with Crippen molar-refractivity contribution in [1.29, 1.82) is 0 Å². The van der Waals surface area contributed by atoms with Crippen LogP contribution in [0.1, 0.15) is 0 Å². The van der Waals surface area contributed by atoms with Gasteiger partial charge in [-0.05, 0) is 51.9 Å². The average Bonchev–Trinajstić information content (AvgIpc) is 2.66. The summed E-state index contributed by atoms with van der Waals surface area (Å²) >= 11 is 1.56. The van der Waals surface area contributed by atoms with E-state index in [-0.39, 0.29) is 5.56 Å². The Labute approximate surface area is 148 Å². The second kappa shape index (κ2) is 5.50. The van der Waals surface area contributed by atoms with E-state index in [2.05, 4.69) is 53.5 Å². The quantitative estimate of drug-likeness (QED) is 0.370. The van der Waals surface area contributed by atoms with E-state index in [1.807, 2.05) is 30.3 Å². The van der Waals surface area contributed by atoms with E-state index in [1.165, 1.54) is 16.2 Å². The second-order valence-corrected chi connectivity index (χ2v) is 7.11. The summed E-state index contributed by atoms with van der Waals surface area (Å²) in [7, 11) is 0. The monoisotopic (exact) mass is 339 g/mol. The van der Waals surface area contributed by atoms with Gasteiger partial charge in [-0.15, -0.1) is 11.3 Å². The first kappa shape index (κ1) is 14.3. The van der Waals surface area contributed by atoms with Crippen molar-refractivity contribution in [3.8, 4) is 10.6 Å². The van der Waals surface area contributed by atoms with Crippen molar-refractivity contribution in [2.75, 3.05) is 0 Å². The molecular weight excluding hydrogens is 326 g/mol. The van der Waals surface area contributed by atoms with E-state index in [9.17, 15) is 4.79 Å². The summed E-state index contributed by atoms with van der Waals surface area (Å²) in [4.78, 5) is 16.6. The molecule has 0 saturated carbocycles. The Bertz CT molecular complexity index is 1320. The lowest BCUT2D eigenvalue weighted by Crippen LogP contribution is -2.05. The number of hydrogen-bond donors (Lipinski definition) is 0. The van der Waals surface area contributed by atoms with Gasteiger partial charge in [-0.25, -0.2) is 0 Å². The van der Waals surface area contributed by atoms with Crippen LogP contribution in [0.5, 0.6) is 0 Å². The lowest BCUT2D eigenvalue weighted by molar-refractivity contribution is 1.31. The highest BCUT2D eigenvalue weighted by molar-refractivity contribution is 7.21. The van der Waals surface area contributed by atoms with Crippen LogP contribution >= 0.6 is 11.3 Å². The maximum Gasteiger partial charge on any atom is 0.279 e. The molecule has 118 valence electrons. The molecule has 0 spiro atoms. The van der Waals surface area contributed by atoms with Crippen LogP contribution in [0.15, 0.2) is 83.7 Å². The van der Waals surface area contributed by atoms with Gasteiger partial charge in [-0.3, -0.25) is 4.79 Å². The zero-order chi connectivity index (χ0) is 16.8. The summed E-state index contributed by atoms with van der Waals surface area (Å²) in [5.41, 5.74) is 0.818. The molecule has 1 aromatic heterocycles. The Hall–Kier alpha value is -3.04. The molecule has 0 saturated heterocycles. The van der Waals surface area contributed by atoms with Gasteiger partial charge in [-0.2, -0.15) is 4.98 Å². The van der Waals surface area contributed by atoms with Gasteiger partial charge in [0.2, 0.25) is 0 Å². The van der Waals surface area contributed by atoms with Crippen LogP contribution in [-0.2, 0) is 0 Å². The van der Waals surface area contributed by atoms with Crippen molar-refractivity contribution in [2.45, 2.75) is 0 Å². The first-order chi connectivity index (χ1) is 12.3. The number of benzene rings is 4. The fourth-order valence-electron chi connectivity index (χ4n) is 3.21. The van der Waals surface area contributed by atoms with Gasteiger partial charge >= 0.3 is 0 Å². The smallest absolute Gasteiger partial charge is 0.267 e. The van der Waals surface area contributed by atoms with Crippen molar-refractivity contribution in [1.82, 2.24) is 4.98 Å². The molecule has 0 radical (unpaired) electrons. The Kier molecular flexibility index (Phi) is 3.15. The van der Waals surface area contributed by atoms with Crippen molar-refractivity contribution in [3.05, 3.63) is 89.2 Å². The highest BCUT2D eigenvalue weighted by Gasteiger charge is 2.07. The van der Waals surface area contributed by atoms with Crippen molar-refractivity contribution in [2.24, 2.45) is 0 Å². The van der Waals surface area contributed by atoms with Crippen molar-refractivity contribution >= 4 is 43.0 Å². The van der Waals surface area contributed by atoms with Gasteiger partial charge in [0.05, 0.1) is 5.39 Å². The number of fused-ring (bicyclic) bond motifs is 3. The third-order valence-corrected chi connectivity index (χ3v) is 5.58. The second-order valence-electron chi connectivity index (χ2n) is 6.08. The maximum absolute atomic E-state index is 12.3. The summed E-state index contributed by atoms with van der Waals surface area (Å²) in [5.74, 6) is 0. The predicted molar refractivity (Wildman–Crippen MR) is 106 cm³/mol. The zero-order valence-electron chi connectivity index (χ0n) is 13.3. The highest BCUT2D eigenvalue weighted by atomic mass is 32.1. The number of hydrogen-bond acceptors (Lipinski definition) is 3. The van der Waals surface area contributed by atoms with Gasteiger partial charge in [0.15, 0.2) is 0 Å². The van der Waals surface area contributed by atoms with Gasteiger partial charge in [0, 0.05) is 10.3 Å². The molecule has 0 aliphatic heterocycles. The molecule has 0 aliphatic carbocycles. The Morgan fingerprint density at radius 1 is 0.680 bits per heavy atom. The molecule has 0 aliphatic rings. The van der Waals surface area contributed by atoms with Crippen LogP contribution in [0.25, 0.3) is 42.2 Å². The summed E-state index contributed by atoms with van der Waals surface area (Å²) in [6, 6.07) is 26.6. The summed E-state index contributed by atoms with van der Waals surface area (Å²) < 4.78 is 0.969. The summed E-state index contributed by atoms with van der Waals surface area (Å²) in [6.07, 6.45) is 0. The minimum absolute atomic E-state index is 0.164. The Balaban J connectivity index is 1.75. The topological polar surface area (TPSA) is 30.0 Å². The Morgan fingerprint density at radius 3 is 2.20 bits per heavy atom. The molecule has 0 bridgehead atoms. The van der Waals surface area contributed by atoms with E-state index < -0.39 is 0 Å². The third kappa shape index (κ3) is 2.41. The first-order valence-electron chi connectivity index (χ1n) is 8.11. The molecule has 4 aromatic carbocycles. The molecule has 2 nitrogen and oxygen atoms in total. The van der Waals surface area contributed by atoms with Crippen LogP contribution in [0.3, 0.4) is 0 Å². The zero-order valence-corrected chi connectivity index (χ0v) is 14.1. The molecule has 25 heavy (non-hydrogen) atoms. The molecule has 1 heterocycles. The minimum Gasteiger partial charge on any atom is -0.267 e. The largest absolute Gasteiger partial charge is 0.279 e. The molecule has 0 N–H and O–H groups in total. The van der Waals surface area contributed by atoms with Crippen molar-refractivity contribution in [3.63, 3.8) is 0 Å². The highest BCUT2D eigenvalue weighted by Crippen LogP contribution is 2.30. The lowest BCUT2D eigenvalue weighted by atomic mass is 10.0. The maximum atomic E-state index is 12.3. The normalized spacial score (nSPS) is 11.4. The predicted octanol–water partition coefficient (Wildman–Crippen LogP) is 5.63. The number of aromatic nitrogens is 1. The van der Waals surface area contributed by atoms with Crippen LogP contribution in [-0.4, -0.2) is 4.98 Å². The van der Waals surface area contributed by atoms with E-state index in [4.69, 9.17) is 0 Å². The van der Waals surface area contributed by atoms with Gasteiger partial charge < -0.3 is 0 Å². The molecule has 0 amide bonds. The van der Waals surface area contributed by atoms with E-state index in [1.54, 1.807) is 11.3 Å². The molecule has 0 fully saturated rings. The molecule has 5 rings (SSSR count). The third-order valence-electron chi connectivity index (χ3n) is 4.48. The van der Waals surface area contributed by atoms with Crippen LogP contribution in [0, 0.1) is 0 Å². The van der Waals surface area contributed by atoms with Crippen molar-refractivity contribution < 1.29 is 0 Å². The summed E-state index contributed by atoms with van der Waals surface area (Å²) in [5, 5.41) is 6.24. The Morgan fingerprint density at radius 2 is 1.36 bits per heavy atom. The van der Waals surface area contributed by atoms with Crippen LogP contribution < -0.4 is 5.56 Å². The molecular formula is C22H13NOS. The average molecular weight is 339 g/mol. The van der Waals surface area contributed by atoms with Gasteiger partial charge in [0.1, 0.15) is 5.01 Å². The number of rotatable bonds is 1. The molecule has 0 unspecified atom stereocenters. The number of nitrogens with zero attached hydrogens (tertiary/aromatic N) is 1. The minimum atomic E-state index is -0.164. The summed E-state index contributed by atoms with van der Waals surface area (Å²) in [6.45, 7) is 0. The van der Waals surface area contributed by atoms with Crippen LogP contribution in [0.4, 0.5) is 0 Å². The molecule has 3 heteroatoms.